The summed E-state index contributed by atoms with van der Waals surface area (Å²) in [5.41, 5.74) is 3.55. The van der Waals surface area contributed by atoms with E-state index < -0.39 is 24.5 Å². The van der Waals surface area contributed by atoms with E-state index in [2.05, 4.69) is 10.3 Å². The molecule has 1 N–H and O–H groups in total. The number of halogens is 3. The Labute approximate surface area is 240 Å². The first-order chi connectivity index (χ1) is 18.9. The zero-order valence-corrected chi connectivity index (χ0v) is 22.7. The molecule has 0 fully saturated rings. The molecule has 1 heterocycles. The Morgan fingerprint density at radius 1 is 0.769 bits per heavy atom. The van der Waals surface area contributed by atoms with E-state index in [9.17, 15) is 9.59 Å². The molecule has 0 aliphatic heterocycles. The maximum absolute atomic E-state index is 13.3. The molecule has 0 unspecified atom stereocenters. The molecule has 0 spiro atoms. The highest BCUT2D eigenvalue weighted by Crippen LogP contribution is 2.38. The van der Waals surface area contributed by atoms with E-state index in [0.29, 0.717) is 27.2 Å². The number of ether oxygens (including phenoxy) is 1. The number of aromatic nitrogens is 1. The van der Waals surface area contributed by atoms with Crippen LogP contribution < -0.4 is 5.32 Å². The Morgan fingerprint density at radius 2 is 1.38 bits per heavy atom. The van der Waals surface area contributed by atoms with Crippen molar-refractivity contribution in [2.24, 2.45) is 0 Å². The van der Waals surface area contributed by atoms with Crippen LogP contribution in [0.3, 0.4) is 0 Å². The molecule has 39 heavy (non-hydrogen) atoms. The van der Waals surface area contributed by atoms with E-state index in [-0.39, 0.29) is 15.6 Å². The Bertz CT molecular complexity index is 1620. The summed E-state index contributed by atoms with van der Waals surface area (Å²) >= 11 is 18.8. The minimum absolute atomic E-state index is 0.193. The Kier molecular flexibility index (Phi) is 8.13. The van der Waals surface area contributed by atoms with E-state index in [1.54, 1.807) is 36.4 Å². The Balaban J connectivity index is 1.39. The summed E-state index contributed by atoms with van der Waals surface area (Å²) in [6.45, 7) is -0.464. The number of hydrogen-bond donors (Lipinski definition) is 1. The average Bonchev–Trinajstić information content (AvgIpc) is 2.98. The first-order valence-corrected chi connectivity index (χ1v) is 13.2. The number of para-hydroxylation sites is 1. The van der Waals surface area contributed by atoms with Crippen molar-refractivity contribution in [1.82, 2.24) is 10.3 Å². The van der Waals surface area contributed by atoms with Gasteiger partial charge in [0.05, 0.1) is 37.9 Å². The largest absolute Gasteiger partial charge is 0.452 e. The van der Waals surface area contributed by atoms with Crippen LogP contribution in [0.15, 0.2) is 103 Å². The molecule has 0 saturated carbocycles. The molecular formula is C31H21Cl3N2O3. The number of benzene rings is 4. The van der Waals surface area contributed by atoms with Gasteiger partial charge in [0.25, 0.3) is 5.91 Å². The molecule has 0 bridgehead atoms. The van der Waals surface area contributed by atoms with Gasteiger partial charge < -0.3 is 10.1 Å². The molecule has 0 aliphatic rings. The maximum Gasteiger partial charge on any atom is 0.339 e. The fourth-order valence-corrected chi connectivity index (χ4v) is 4.90. The zero-order chi connectivity index (χ0) is 27.4. The van der Waals surface area contributed by atoms with E-state index in [1.807, 2.05) is 66.7 Å². The SMILES string of the molecule is O=C(COC(=O)c1cc(-c2ccc(Cl)c(Cl)c2Cl)nc2ccccc12)NC(c1ccccc1)c1ccccc1. The van der Waals surface area contributed by atoms with Crippen molar-refractivity contribution in [2.75, 3.05) is 6.61 Å². The predicted octanol–water partition coefficient (Wildman–Crippen LogP) is 7.92. The summed E-state index contributed by atoms with van der Waals surface area (Å²) in [5, 5.41) is 4.27. The third-order valence-corrected chi connectivity index (χ3v) is 7.45. The molecule has 1 aromatic heterocycles. The van der Waals surface area contributed by atoms with Gasteiger partial charge in [-0.05, 0) is 35.4 Å². The van der Waals surface area contributed by atoms with Gasteiger partial charge in [-0.25, -0.2) is 9.78 Å². The number of nitrogens with zero attached hydrogens (tertiary/aromatic N) is 1. The number of pyridine rings is 1. The normalized spacial score (nSPS) is 11.0. The van der Waals surface area contributed by atoms with E-state index in [4.69, 9.17) is 39.5 Å². The summed E-state index contributed by atoms with van der Waals surface area (Å²) in [7, 11) is 0. The molecular weight excluding hydrogens is 555 g/mol. The standard InChI is InChI=1S/C31H21Cl3N2O3/c32-24-16-15-22(28(33)29(24)34)26-17-23(21-13-7-8-14-25(21)35-26)31(38)39-18-27(37)36-30(19-9-3-1-4-10-19)20-11-5-2-6-12-20/h1-17,30H,18H2,(H,36,37). The molecule has 5 aromatic rings. The molecule has 0 aliphatic carbocycles. The van der Waals surface area contributed by atoms with Gasteiger partial charge in [0, 0.05) is 10.9 Å². The number of rotatable bonds is 7. The van der Waals surface area contributed by atoms with Gasteiger partial charge >= 0.3 is 5.97 Å². The van der Waals surface area contributed by atoms with Crippen LogP contribution in [0.5, 0.6) is 0 Å². The van der Waals surface area contributed by atoms with Crippen LogP contribution in [0.1, 0.15) is 27.5 Å². The second kappa shape index (κ2) is 11.9. The van der Waals surface area contributed by atoms with Crippen LogP contribution >= 0.6 is 34.8 Å². The second-order valence-electron chi connectivity index (χ2n) is 8.69. The quantitative estimate of drug-likeness (QED) is 0.158. The third-order valence-electron chi connectivity index (χ3n) is 6.15. The summed E-state index contributed by atoms with van der Waals surface area (Å²) in [6, 6.07) is 30.8. The first-order valence-electron chi connectivity index (χ1n) is 12.0. The Morgan fingerprint density at radius 3 is 2.05 bits per heavy atom. The molecule has 4 aromatic carbocycles. The highest BCUT2D eigenvalue weighted by molar-refractivity contribution is 6.49. The summed E-state index contributed by atoms with van der Waals surface area (Å²) in [6.07, 6.45) is 0. The molecule has 0 radical (unpaired) electrons. The van der Waals surface area contributed by atoms with Crippen molar-refractivity contribution in [3.05, 3.63) is 135 Å². The topological polar surface area (TPSA) is 68.3 Å². The average molecular weight is 576 g/mol. The van der Waals surface area contributed by atoms with Gasteiger partial charge in [0.2, 0.25) is 0 Å². The Hall–Kier alpha value is -3.90. The smallest absolute Gasteiger partial charge is 0.339 e. The van der Waals surface area contributed by atoms with Crippen LogP contribution in [-0.4, -0.2) is 23.5 Å². The van der Waals surface area contributed by atoms with Gasteiger partial charge in [0.15, 0.2) is 6.61 Å². The van der Waals surface area contributed by atoms with Crippen molar-refractivity contribution < 1.29 is 14.3 Å². The molecule has 0 atom stereocenters. The molecule has 5 rings (SSSR count). The van der Waals surface area contributed by atoms with Crippen LogP contribution in [-0.2, 0) is 9.53 Å². The number of fused-ring (bicyclic) bond motifs is 1. The first kappa shape index (κ1) is 26.7. The van der Waals surface area contributed by atoms with Crippen molar-refractivity contribution in [1.29, 1.82) is 0 Å². The van der Waals surface area contributed by atoms with E-state index in [1.165, 1.54) is 0 Å². The summed E-state index contributed by atoms with van der Waals surface area (Å²) in [4.78, 5) is 30.9. The minimum atomic E-state index is -0.669. The van der Waals surface area contributed by atoms with Crippen molar-refractivity contribution in [3.8, 4) is 11.3 Å². The zero-order valence-electron chi connectivity index (χ0n) is 20.4. The molecule has 194 valence electrons. The highest BCUT2D eigenvalue weighted by atomic mass is 35.5. The van der Waals surface area contributed by atoms with Crippen LogP contribution in [0, 0.1) is 0 Å². The van der Waals surface area contributed by atoms with Crippen molar-refractivity contribution >= 4 is 57.6 Å². The van der Waals surface area contributed by atoms with Gasteiger partial charge in [0.1, 0.15) is 0 Å². The maximum atomic E-state index is 13.3. The predicted molar refractivity (Wildman–Crippen MR) is 155 cm³/mol. The van der Waals surface area contributed by atoms with E-state index in [0.717, 1.165) is 11.1 Å². The lowest BCUT2D eigenvalue weighted by Gasteiger charge is -2.20. The number of esters is 1. The van der Waals surface area contributed by atoms with Crippen LogP contribution in [0.4, 0.5) is 0 Å². The lowest BCUT2D eigenvalue weighted by atomic mass is 9.99. The van der Waals surface area contributed by atoms with Gasteiger partial charge in [-0.1, -0.05) is 114 Å². The highest BCUT2D eigenvalue weighted by Gasteiger charge is 2.21. The second-order valence-corrected chi connectivity index (χ2v) is 9.86. The summed E-state index contributed by atoms with van der Waals surface area (Å²) in [5.74, 6) is -1.11. The molecule has 1 amide bonds. The van der Waals surface area contributed by atoms with E-state index >= 15 is 0 Å². The fourth-order valence-electron chi connectivity index (χ4n) is 4.27. The molecule has 8 heteroatoms. The third kappa shape index (κ3) is 5.91. The number of hydrogen-bond acceptors (Lipinski definition) is 4. The van der Waals surface area contributed by atoms with Crippen LogP contribution in [0.25, 0.3) is 22.2 Å². The minimum Gasteiger partial charge on any atom is -0.452 e. The number of carbonyl (C=O) groups excluding carboxylic acids is 2. The number of amides is 1. The molecule has 0 saturated heterocycles. The number of carbonyl (C=O) groups is 2. The number of nitrogens with one attached hydrogen (secondary N) is 1. The van der Waals surface area contributed by atoms with Gasteiger partial charge in [-0.3, -0.25) is 4.79 Å². The van der Waals surface area contributed by atoms with Crippen LogP contribution in [0.2, 0.25) is 15.1 Å². The van der Waals surface area contributed by atoms with Crippen molar-refractivity contribution in [3.63, 3.8) is 0 Å². The molecule has 5 nitrogen and oxygen atoms in total. The fraction of sp³-hybridized carbons (Fsp3) is 0.0645. The summed E-state index contributed by atoms with van der Waals surface area (Å²) < 4.78 is 5.48. The lowest BCUT2D eigenvalue weighted by Crippen LogP contribution is -2.33. The monoisotopic (exact) mass is 574 g/mol. The lowest BCUT2D eigenvalue weighted by molar-refractivity contribution is -0.124. The van der Waals surface area contributed by atoms with Crippen molar-refractivity contribution in [2.45, 2.75) is 6.04 Å². The van der Waals surface area contributed by atoms with Gasteiger partial charge in [-0.2, -0.15) is 0 Å². The van der Waals surface area contributed by atoms with Gasteiger partial charge in [-0.15, -0.1) is 0 Å².